The van der Waals surface area contributed by atoms with Gasteiger partial charge < -0.3 is 20.1 Å². The number of carbonyl (C=O) groups is 3. The lowest BCUT2D eigenvalue weighted by molar-refractivity contribution is 0.101. The summed E-state index contributed by atoms with van der Waals surface area (Å²) >= 11 is 12.2. The summed E-state index contributed by atoms with van der Waals surface area (Å²) in [5.41, 5.74) is 1.58. The van der Waals surface area contributed by atoms with Gasteiger partial charge in [0.05, 0.1) is 36.7 Å². The molecule has 0 atom stereocenters. The van der Waals surface area contributed by atoms with Gasteiger partial charge in [-0.2, -0.15) is 0 Å². The van der Waals surface area contributed by atoms with Gasteiger partial charge in [0.25, 0.3) is 11.8 Å². The number of hydrogen-bond donors (Lipinski definition) is 2. The smallest absolute Gasteiger partial charge is 0.259 e. The van der Waals surface area contributed by atoms with Crippen molar-refractivity contribution < 1.29 is 23.9 Å². The standard InChI is InChI=1S/C29H22Cl2N2O5/c1-37-25-12-9-19(30)15-21(25)28(35)32-23-11-8-18(27(34)17-6-4-3-5-7-17)14-24(23)33-29(36)22-16-20(31)10-13-26(22)38-2/h3-16H,1-2H3,(H,32,35)(H,33,36). The van der Waals surface area contributed by atoms with Crippen LogP contribution in [0.5, 0.6) is 11.5 Å². The van der Waals surface area contributed by atoms with Crippen molar-refractivity contribution in [3.8, 4) is 11.5 Å². The van der Waals surface area contributed by atoms with E-state index < -0.39 is 11.8 Å². The van der Waals surface area contributed by atoms with Gasteiger partial charge in [0.2, 0.25) is 0 Å². The van der Waals surface area contributed by atoms with Gasteiger partial charge >= 0.3 is 0 Å². The number of amides is 2. The molecule has 7 nitrogen and oxygen atoms in total. The predicted octanol–water partition coefficient (Wildman–Crippen LogP) is 6.75. The lowest BCUT2D eigenvalue weighted by Crippen LogP contribution is -2.18. The maximum absolute atomic E-state index is 13.3. The van der Waals surface area contributed by atoms with Crippen LogP contribution in [0.4, 0.5) is 11.4 Å². The quantitative estimate of drug-likeness (QED) is 0.237. The van der Waals surface area contributed by atoms with Gasteiger partial charge in [0.1, 0.15) is 11.5 Å². The van der Waals surface area contributed by atoms with Crippen molar-refractivity contribution in [2.24, 2.45) is 0 Å². The number of carbonyl (C=O) groups excluding carboxylic acids is 3. The SMILES string of the molecule is COc1ccc(Cl)cc1C(=O)Nc1ccc(C(=O)c2ccccc2)cc1NC(=O)c1cc(Cl)ccc1OC. The molecule has 0 heterocycles. The molecule has 0 radical (unpaired) electrons. The second-order valence-corrected chi connectivity index (χ2v) is 8.93. The zero-order valence-corrected chi connectivity index (χ0v) is 21.9. The van der Waals surface area contributed by atoms with Gasteiger partial charge in [-0.15, -0.1) is 0 Å². The van der Waals surface area contributed by atoms with Crippen molar-refractivity contribution in [1.29, 1.82) is 0 Å². The van der Waals surface area contributed by atoms with E-state index in [1.54, 1.807) is 54.6 Å². The Bertz CT molecular complexity index is 1520. The van der Waals surface area contributed by atoms with Gasteiger partial charge in [-0.3, -0.25) is 14.4 Å². The summed E-state index contributed by atoms with van der Waals surface area (Å²) in [6.07, 6.45) is 0. The number of benzene rings is 4. The molecular weight excluding hydrogens is 527 g/mol. The number of rotatable bonds is 8. The fourth-order valence-electron chi connectivity index (χ4n) is 3.75. The molecule has 0 saturated carbocycles. The lowest BCUT2D eigenvalue weighted by Gasteiger charge is -2.16. The monoisotopic (exact) mass is 548 g/mol. The Morgan fingerprint density at radius 3 is 1.66 bits per heavy atom. The molecule has 0 unspecified atom stereocenters. The average Bonchev–Trinajstić information content (AvgIpc) is 2.93. The first-order valence-corrected chi connectivity index (χ1v) is 12.1. The Morgan fingerprint density at radius 2 is 1.13 bits per heavy atom. The summed E-state index contributed by atoms with van der Waals surface area (Å²) in [6.45, 7) is 0. The molecule has 0 aliphatic rings. The topological polar surface area (TPSA) is 93.7 Å². The average molecular weight is 549 g/mol. The number of nitrogens with one attached hydrogen (secondary N) is 2. The third kappa shape index (κ3) is 5.96. The molecule has 0 aliphatic heterocycles. The van der Waals surface area contributed by atoms with Gasteiger partial charge in [0.15, 0.2) is 5.78 Å². The molecule has 0 aliphatic carbocycles. The summed E-state index contributed by atoms with van der Waals surface area (Å²) in [5.74, 6) is -0.711. The van der Waals surface area contributed by atoms with Crippen LogP contribution in [-0.2, 0) is 0 Å². The third-order valence-electron chi connectivity index (χ3n) is 5.63. The lowest BCUT2D eigenvalue weighted by atomic mass is 10.0. The van der Waals surface area contributed by atoms with Crippen LogP contribution in [-0.4, -0.2) is 31.8 Å². The Balaban J connectivity index is 1.74. The summed E-state index contributed by atoms with van der Waals surface area (Å²) < 4.78 is 10.6. The molecule has 0 fully saturated rings. The maximum atomic E-state index is 13.3. The molecule has 0 bridgehead atoms. The van der Waals surface area contributed by atoms with Crippen LogP contribution in [0.1, 0.15) is 36.6 Å². The Labute approximate surface area is 229 Å². The summed E-state index contributed by atoms with van der Waals surface area (Å²) in [5, 5.41) is 6.23. The van der Waals surface area contributed by atoms with Crippen LogP contribution in [0.3, 0.4) is 0 Å². The molecule has 9 heteroatoms. The summed E-state index contributed by atoms with van der Waals surface area (Å²) in [6, 6.07) is 22.6. The molecule has 4 rings (SSSR count). The molecule has 192 valence electrons. The van der Waals surface area contributed by atoms with E-state index in [4.69, 9.17) is 32.7 Å². The predicted molar refractivity (Wildman–Crippen MR) is 148 cm³/mol. The summed E-state index contributed by atoms with van der Waals surface area (Å²) in [7, 11) is 2.87. The maximum Gasteiger partial charge on any atom is 0.259 e. The number of ether oxygens (including phenoxy) is 2. The van der Waals surface area contributed by atoms with E-state index in [0.29, 0.717) is 32.7 Å². The van der Waals surface area contributed by atoms with Crippen LogP contribution in [0, 0.1) is 0 Å². The third-order valence-corrected chi connectivity index (χ3v) is 6.10. The second kappa shape index (κ2) is 11.8. The van der Waals surface area contributed by atoms with Crippen molar-refractivity contribution in [3.63, 3.8) is 0 Å². The van der Waals surface area contributed by atoms with Crippen molar-refractivity contribution in [2.45, 2.75) is 0 Å². The highest BCUT2D eigenvalue weighted by Crippen LogP contribution is 2.30. The minimum Gasteiger partial charge on any atom is -0.496 e. The van der Waals surface area contributed by atoms with E-state index in [-0.39, 0.29) is 28.3 Å². The molecule has 2 amide bonds. The largest absolute Gasteiger partial charge is 0.496 e. The summed E-state index contributed by atoms with van der Waals surface area (Å²) in [4.78, 5) is 39.5. The molecule has 38 heavy (non-hydrogen) atoms. The zero-order valence-electron chi connectivity index (χ0n) is 20.4. The van der Waals surface area contributed by atoms with E-state index in [2.05, 4.69) is 10.6 Å². The number of anilines is 2. The van der Waals surface area contributed by atoms with Crippen LogP contribution in [0.15, 0.2) is 84.9 Å². The van der Waals surface area contributed by atoms with Crippen molar-refractivity contribution in [1.82, 2.24) is 0 Å². The van der Waals surface area contributed by atoms with E-state index in [1.807, 2.05) is 6.07 Å². The highest BCUT2D eigenvalue weighted by atomic mass is 35.5. The molecule has 0 saturated heterocycles. The fraction of sp³-hybridized carbons (Fsp3) is 0.0690. The van der Waals surface area contributed by atoms with Crippen molar-refractivity contribution in [3.05, 3.63) is 117 Å². The van der Waals surface area contributed by atoms with Crippen molar-refractivity contribution in [2.75, 3.05) is 24.9 Å². The first-order valence-electron chi connectivity index (χ1n) is 11.3. The number of ketones is 1. The molecular formula is C29H22Cl2N2O5. The van der Waals surface area contributed by atoms with Gasteiger partial charge in [0, 0.05) is 21.2 Å². The van der Waals surface area contributed by atoms with E-state index in [9.17, 15) is 14.4 Å². The fourth-order valence-corrected chi connectivity index (χ4v) is 4.09. The highest BCUT2D eigenvalue weighted by molar-refractivity contribution is 6.31. The minimum atomic E-state index is -0.551. The molecule has 2 N–H and O–H groups in total. The van der Waals surface area contributed by atoms with Gasteiger partial charge in [-0.1, -0.05) is 53.5 Å². The minimum absolute atomic E-state index is 0.175. The Morgan fingerprint density at radius 1 is 0.605 bits per heavy atom. The second-order valence-electron chi connectivity index (χ2n) is 8.05. The normalized spacial score (nSPS) is 10.4. The number of methoxy groups -OCH3 is 2. The van der Waals surface area contributed by atoms with Crippen LogP contribution in [0.25, 0.3) is 0 Å². The van der Waals surface area contributed by atoms with E-state index in [0.717, 1.165) is 0 Å². The number of hydrogen-bond acceptors (Lipinski definition) is 5. The van der Waals surface area contributed by atoms with Gasteiger partial charge in [-0.05, 0) is 54.6 Å². The number of halogens is 2. The van der Waals surface area contributed by atoms with Gasteiger partial charge in [-0.25, -0.2) is 0 Å². The molecule has 0 spiro atoms. The zero-order chi connectivity index (χ0) is 27.2. The first kappa shape index (κ1) is 26.7. The van der Waals surface area contributed by atoms with E-state index >= 15 is 0 Å². The highest BCUT2D eigenvalue weighted by Gasteiger charge is 2.20. The molecule has 0 aromatic heterocycles. The van der Waals surface area contributed by atoms with Crippen LogP contribution in [0.2, 0.25) is 10.0 Å². The van der Waals surface area contributed by atoms with Crippen LogP contribution >= 0.6 is 23.2 Å². The van der Waals surface area contributed by atoms with Crippen LogP contribution < -0.4 is 20.1 Å². The first-order chi connectivity index (χ1) is 18.3. The van der Waals surface area contributed by atoms with E-state index in [1.165, 1.54) is 38.5 Å². The van der Waals surface area contributed by atoms with Crippen molar-refractivity contribution >= 4 is 52.2 Å². The Hall–Kier alpha value is -4.33. The molecule has 4 aromatic carbocycles. The Kier molecular flexibility index (Phi) is 8.31. The molecule has 4 aromatic rings.